The highest BCUT2D eigenvalue weighted by molar-refractivity contribution is 7.90. The summed E-state index contributed by atoms with van der Waals surface area (Å²) in [4.78, 5) is 0. The molecule has 1 aromatic carbocycles. The molecule has 0 amide bonds. The van der Waals surface area contributed by atoms with Gasteiger partial charge in [0.15, 0.2) is 0 Å². The van der Waals surface area contributed by atoms with Gasteiger partial charge in [0.25, 0.3) is 0 Å². The molecule has 2 aliphatic rings. The standard InChI is InChI=1S/C13H19N3O2S/c17-19(18,16-8-1-2-9-16)15-13-5-3-4-11-10-14-7-6-12(11)13/h3-5,14-15H,1-2,6-10H2. The Kier molecular flexibility index (Phi) is 3.47. The van der Waals surface area contributed by atoms with Crippen molar-refractivity contribution in [2.75, 3.05) is 24.4 Å². The van der Waals surface area contributed by atoms with Gasteiger partial charge in [-0.25, -0.2) is 0 Å². The van der Waals surface area contributed by atoms with Crippen LogP contribution in [-0.2, 0) is 23.2 Å². The predicted octanol–water partition coefficient (Wildman–Crippen LogP) is 1.08. The van der Waals surface area contributed by atoms with Gasteiger partial charge in [0.05, 0.1) is 5.69 Å². The zero-order chi connectivity index (χ0) is 13.3. The molecular weight excluding hydrogens is 262 g/mol. The van der Waals surface area contributed by atoms with Crippen molar-refractivity contribution in [3.8, 4) is 0 Å². The second-order valence-electron chi connectivity index (χ2n) is 5.08. The molecule has 1 aromatic rings. The monoisotopic (exact) mass is 281 g/mol. The van der Waals surface area contributed by atoms with Gasteiger partial charge in [-0.1, -0.05) is 12.1 Å². The highest BCUT2D eigenvalue weighted by Crippen LogP contribution is 2.25. The topological polar surface area (TPSA) is 61.4 Å². The molecule has 0 unspecified atom stereocenters. The molecular formula is C13H19N3O2S. The fourth-order valence-electron chi connectivity index (χ4n) is 2.76. The first-order chi connectivity index (χ1) is 9.17. The average Bonchev–Trinajstić information content (AvgIpc) is 2.93. The lowest BCUT2D eigenvalue weighted by Crippen LogP contribution is -2.34. The molecule has 2 aliphatic heterocycles. The Morgan fingerprint density at radius 3 is 2.79 bits per heavy atom. The fourth-order valence-corrected chi connectivity index (χ4v) is 4.10. The Bertz CT molecular complexity index is 565. The Morgan fingerprint density at radius 2 is 2.00 bits per heavy atom. The Labute approximate surface area is 114 Å². The summed E-state index contributed by atoms with van der Waals surface area (Å²) in [5, 5.41) is 3.30. The van der Waals surface area contributed by atoms with Gasteiger partial charge in [-0.15, -0.1) is 0 Å². The van der Waals surface area contributed by atoms with E-state index in [0.29, 0.717) is 13.1 Å². The van der Waals surface area contributed by atoms with Crippen LogP contribution in [0.4, 0.5) is 5.69 Å². The van der Waals surface area contributed by atoms with E-state index in [4.69, 9.17) is 0 Å². The van der Waals surface area contributed by atoms with Gasteiger partial charge in [0.2, 0.25) is 0 Å². The lowest BCUT2D eigenvalue weighted by molar-refractivity contribution is 0.482. The number of anilines is 1. The number of fused-ring (bicyclic) bond motifs is 1. The van der Waals surface area contributed by atoms with E-state index in [1.165, 1.54) is 9.87 Å². The number of benzene rings is 1. The molecule has 104 valence electrons. The Balaban J connectivity index is 1.87. The van der Waals surface area contributed by atoms with E-state index in [0.717, 1.165) is 43.6 Å². The molecule has 0 radical (unpaired) electrons. The van der Waals surface area contributed by atoms with Gasteiger partial charge in [0, 0.05) is 19.6 Å². The highest BCUT2D eigenvalue weighted by Gasteiger charge is 2.26. The Morgan fingerprint density at radius 1 is 1.21 bits per heavy atom. The summed E-state index contributed by atoms with van der Waals surface area (Å²) in [5.41, 5.74) is 3.06. The first kappa shape index (κ1) is 12.9. The van der Waals surface area contributed by atoms with Crippen molar-refractivity contribution in [1.82, 2.24) is 9.62 Å². The molecule has 1 saturated heterocycles. The van der Waals surface area contributed by atoms with Crippen LogP contribution in [0.25, 0.3) is 0 Å². The third-order valence-electron chi connectivity index (χ3n) is 3.78. The van der Waals surface area contributed by atoms with E-state index in [-0.39, 0.29) is 0 Å². The van der Waals surface area contributed by atoms with Crippen LogP contribution in [0.5, 0.6) is 0 Å². The summed E-state index contributed by atoms with van der Waals surface area (Å²) >= 11 is 0. The lowest BCUT2D eigenvalue weighted by Gasteiger charge is -2.23. The number of hydrogen-bond acceptors (Lipinski definition) is 3. The summed E-state index contributed by atoms with van der Waals surface area (Å²) in [6, 6.07) is 5.82. The van der Waals surface area contributed by atoms with Crippen LogP contribution in [0.15, 0.2) is 18.2 Å². The largest absolute Gasteiger partial charge is 0.312 e. The molecule has 0 aliphatic carbocycles. The molecule has 0 saturated carbocycles. The van der Waals surface area contributed by atoms with Crippen LogP contribution >= 0.6 is 0 Å². The minimum atomic E-state index is -3.38. The normalized spacial score (nSPS) is 20.2. The van der Waals surface area contributed by atoms with Crippen molar-refractivity contribution in [3.05, 3.63) is 29.3 Å². The van der Waals surface area contributed by atoms with E-state index in [9.17, 15) is 8.42 Å². The average molecular weight is 281 g/mol. The smallest absolute Gasteiger partial charge is 0.301 e. The SMILES string of the molecule is O=S(=O)(Nc1cccc2c1CCNC2)N1CCCC1. The van der Waals surface area contributed by atoms with Crippen molar-refractivity contribution in [1.29, 1.82) is 0 Å². The van der Waals surface area contributed by atoms with Crippen molar-refractivity contribution in [2.45, 2.75) is 25.8 Å². The van der Waals surface area contributed by atoms with Crippen molar-refractivity contribution in [3.63, 3.8) is 0 Å². The third-order valence-corrected chi connectivity index (χ3v) is 5.31. The van der Waals surface area contributed by atoms with Gasteiger partial charge in [0.1, 0.15) is 0 Å². The lowest BCUT2D eigenvalue weighted by atomic mass is 9.99. The summed E-state index contributed by atoms with van der Waals surface area (Å²) in [6.45, 7) is 2.97. The number of nitrogens with one attached hydrogen (secondary N) is 2. The van der Waals surface area contributed by atoms with E-state index in [2.05, 4.69) is 16.1 Å². The second-order valence-corrected chi connectivity index (χ2v) is 6.75. The summed E-state index contributed by atoms with van der Waals surface area (Å²) < 4.78 is 28.9. The van der Waals surface area contributed by atoms with Gasteiger partial charge in [-0.05, 0) is 43.0 Å². The Hall–Kier alpha value is -1.11. The zero-order valence-electron chi connectivity index (χ0n) is 10.9. The number of rotatable bonds is 3. The maximum atomic E-state index is 12.3. The summed E-state index contributed by atoms with van der Waals surface area (Å²) in [6.07, 6.45) is 2.78. The molecule has 1 fully saturated rings. The molecule has 19 heavy (non-hydrogen) atoms. The van der Waals surface area contributed by atoms with Crippen LogP contribution in [0.1, 0.15) is 24.0 Å². The molecule has 6 heteroatoms. The fraction of sp³-hybridized carbons (Fsp3) is 0.538. The van der Waals surface area contributed by atoms with Gasteiger partial charge >= 0.3 is 10.2 Å². The molecule has 0 spiro atoms. The van der Waals surface area contributed by atoms with Crippen LogP contribution < -0.4 is 10.0 Å². The third kappa shape index (κ3) is 2.61. The molecule has 5 nitrogen and oxygen atoms in total. The molecule has 0 bridgehead atoms. The predicted molar refractivity (Wildman–Crippen MR) is 75.2 cm³/mol. The second kappa shape index (κ2) is 5.11. The summed E-state index contributed by atoms with van der Waals surface area (Å²) in [7, 11) is -3.38. The van der Waals surface area contributed by atoms with Crippen LogP contribution in [0.2, 0.25) is 0 Å². The first-order valence-electron chi connectivity index (χ1n) is 6.76. The van der Waals surface area contributed by atoms with E-state index in [1.807, 2.05) is 12.1 Å². The van der Waals surface area contributed by atoms with Gasteiger partial charge in [-0.3, -0.25) is 4.72 Å². The van der Waals surface area contributed by atoms with Crippen molar-refractivity contribution in [2.24, 2.45) is 0 Å². The maximum Gasteiger partial charge on any atom is 0.301 e. The zero-order valence-corrected chi connectivity index (χ0v) is 11.7. The van der Waals surface area contributed by atoms with E-state index < -0.39 is 10.2 Å². The first-order valence-corrected chi connectivity index (χ1v) is 8.20. The molecule has 0 aromatic heterocycles. The van der Waals surface area contributed by atoms with Crippen molar-refractivity contribution < 1.29 is 8.42 Å². The van der Waals surface area contributed by atoms with Crippen LogP contribution in [-0.4, -0.2) is 32.4 Å². The quantitative estimate of drug-likeness (QED) is 0.871. The molecule has 2 heterocycles. The molecule has 3 rings (SSSR count). The summed E-state index contributed by atoms with van der Waals surface area (Å²) in [5.74, 6) is 0. The van der Waals surface area contributed by atoms with Crippen LogP contribution in [0.3, 0.4) is 0 Å². The van der Waals surface area contributed by atoms with E-state index >= 15 is 0 Å². The minimum absolute atomic E-state index is 0.631. The minimum Gasteiger partial charge on any atom is -0.312 e. The van der Waals surface area contributed by atoms with Crippen molar-refractivity contribution >= 4 is 15.9 Å². The maximum absolute atomic E-state index is 12.3. The van der Waals surface area contributed by atoms with Gasteiger partial charge < -0.3 is 5.32 Å². The molecule has 2 N–H and O–H groups in total. The van der Waals surface area contributed by atoms with E-state index in [1.54, 1.807) is 0 Å². The number of hydrogen-bond donors (Lipinski definition) is 2. The highest BCUT2D eigenvalue weighted by atomic mass is 32.2. The number of nitrogens with zero attached hydrogens (tertiary/aromatic N) is 1. The van der Waals surface area contributed by atoms with Gasteiger partial charge in [-0.2, -0.15) is 12.7 Å². The molecule has 0 atom stereocenters. The van der Waals surface area contributed by atoms with Crippen LogP contribution in [0, 0.1) is 0 Å².